The molecule has 1 fully saturated rings. The molecular formula is C12H24O11. The topological polar surface area (TPSA) is 201 Å². The van der Waals surface area contributed by atoms with E-state index in [0.717, 1.165) is 0 Å². The molecule has 11 heteroatoms. The maximum Gasteiger partial charge on any atom is 0.184 e. The van der Waals surface area contributed by atoms with Gasteiger partial charge in [0.05, 0.1) is 19.8 Å². The summed E-state index contributed by atoms with van der Waals surface area (Å²) in [6, 6.07) is 0. The smallest absolute Gasteiger partial charge is 0.184 e. The monoisotopic (exact) mass is 344 g/mol. The molecule has 1 heterocycles. The molecule has 9 atom stereocenters. The summed E-state index contributed by atoms with van der Waals surface area (Å²) in [7, 11) is 0. The lowest BCUT2D eigenvalue weighted by Gasteiger charge is -2.39. The second kappa shape index (κ2) is 9.15. The van der Waals surface area contributed by atoms with Crippen LogP contribution in [0, 0.1) is 0 Å². The first kappa shape index (κ1) is 20.6. The zero-order valence-corrected chi connectivity index (χ0v) is 12.2. The molecular weight excluding hydrogens is 320 g/mol. The molecule has 0 aromatic carbocycles. The zero-order valence-electron chi connectivity index (χ0n) is 12.2. The van der Waals surface area contributed by atoms with Crippen molar-refractivity contribution in [2.24, 2.45) is 0 Å². The first-order chi connectivity index (χ1) is 10.7. The molecule has 0 bridgehead atoms. The van der Waals surface area contributed by atoms with Crippen molar-refractivity contribution in [2.45, 2.75) is 55.1 Å². The van der Waals surface area contributed by atoms with Crippen LogP contribution in [0.15, 0.2) is 0 Å². The van der Waals surface area contributed by atoms with Gasteiger partial charge in [0, 0.05) is 0 Å². The summed E-state index contributed by atoms with van der Waals surface area (Å²) in [5, 5.41) is 84.8. The second-order valence-electron chi connectivity index (χ2n) is 5.33. The summed E-state index contributed by atoms with van der Waals surface area (Å²) in [6.45, 7) is -1.77. The Morgan fingerprint density at radius 2 is 1.57 bits per heavy atom. The van der Waals surface area contributed by atoms with Gasteiger partial charge in [0.2, 0.25) is 0 Å². The molecule has 0 spiro atoms. The molecule has 0 aliphatic carbocycles. The van der Waals surface area contributed by atoms with E-state index in [1.165, 1.54) is 0 Å². The quantitative estimate of drug-likeness (QED) is 0.190. The van der Waals surface area contributed by atoms with Crippen LogP contribution in [0.1, 0.15) is 0 Å². The predicted octanol–water partition coefficient (Wildman–Crippen LogP) is -5.76. The predicted molar refractivity (Wildman–Crippen MR) is 70.8 cm³/mol. The van der Waals surface area contributed by atoms with Crippen molar-refractivity contribution in [1.29, 1.82) is 0 Å². The fraction of sp³-hybridized carbons (Fsp3) is 1.00. The van der Waals surface area contributed by atoms with Crippen LogP contribution in [0.4, 0.5) is 0 Å². The Morgan fingerprint density at radius 3 is 2.09 bits per heavy atom. The first-order valence-corrected chi connectivity index (χ1v) is 6.99. The minimum Gasteiger partial charge on any atom is -0.394 e. The van der Waals surface area contributed by atoms with Crippen molar-refractivity contribution < 1.29 is 55.4 Å². The van der Waals surface area contributed by atoms with Crippen LogP contribution in [0.25, 0.3) is 0 Å². The fourth-order valence-corrected chi connectivity index (χ4v) is 2.13. The number of rotatable bonds is 8. The normalized spacial score (nSPS) is 35.3. The van der Waals surface area contributed by atoms with Gasteiger partial charge < -0.3 is 55.4 Å². The highest BCUT2D eigenvalue weighted by Crippen LogP contribution is 2.21. The van der Waals surface area contributed by atoms with Gasteiger partial charge in [-0.3, -0.25) is 0 Å². The van der Waals surface area contributed by atoms with Crippen molar-refractivity contribution in [3.63, 3.8) is 0 Å². The van der Waals surface area contributed by atoms with E-state index in [9.17, 15) is 35.7 Å². The van der Waals surface area contributed by atoms with E-state index in [2.05, 4.69) is 0 Å². The number of aliphatic hydroxyl groups excluding tert-OH is 9. The molecule has 1 unspecified atom stereocenters. The van der Waals surface area contributed by atoms with Crippen molar-refractivity contribution in [1.82, 2.24) is 0 Å². The third-order valence-corrected chi connectivity index (χ3v) is 3.63. The van der Waals surface area contributed by atoms with Crippen LogP contribution in [0.5, 0.6) is 0 Å². The van der Waals surface area contributed by atoms with Crippen LogP contribution in [-0.2, 0) is 9.47 Å². The molecule has 0 radical (unpaired) electrons. The molecule has 1 aliphatic heterocycles. The molecule has 23 heavy (non-hydrogen) atoms. The minimum atomic E-state index is -2.15. The Morgan fingerprint density at radius 1 is 0.957 bits per heavy atom. The van der Waals surface area contributed by atoms with E-state index in [1.54, 1.807) is 0 Å². The van der Waals surface area contributed by atoms with Gasteiger partial charge in [-0.2, -0.15) is 0 Å². The molecule has 1 aliphatic rings. The summed E-state index contributed by atoms with van der Waals surface area (Å²) in [5.74, 6) is 0. The van der Waals surface area contributed by atoms with Crippen LogP contribution in [0.2, 0.25) is 0 Å². The lowest BCUT2D eigenvalue weighted by atomic mass is 9.99. The van der Waals surface area contributed by atoms with Gasteiger partial charge in [-0.25, -0.2) is 0 Å². The number of ether oxygens (including phenoxy) is 2. The van der Waals surface area contributed by atoms with E-state index in [0.29, 0.717) is 0 Å². The van der Waals surface area contributed by atoms with E-state index in [-0.39, 0.29) is 6.61 Å². The third kappa shape index (κ3) is 5.01. The van der Waals surface area contributed by atoms with Crippen molar-refractivity contribution in [2.75, 3.05) is 19.8 Å². The Balaban J connectivity index is 2.70. The van der Waals surface area contributed by atoms with E-state index < -0.39 is 68.3 Å². The molecule has 138 valence electrons. The molecule has 11 nitrogen and oxygen atoms in total. The summed E-state index contributed by atoms with van der Waals surface area (Å²) in [6.07, 6.45) is -15.5. The summed E-state index contributed by atoms with van der Waals surface area (Å²) in [5.41, 5.74) is 0. The maximum absolute atomic E-state index is 9.80. The molecule has 0 saturated carbocycles. The Labute approximate surface area is 131 Å². The summed E-state index contributed by atoms with van der Waals surface area (Å²) < 4.78 is 9.92. The molecule has 0 amide bonds. The van der Waals surface area contributed by atoms with Gasteiger partial charge >= 0.3 is 0 Å². The average molecular weight is 344 g/mol. The fourth-order valence-electron chi connectivity index (χ4n) is 2.13. The Kier molecular flexibility index (Phi) is 8.20. The van der Waals surface area contributed by atoms with E-state index in [1.807, 2.05) is 0 Å². The highest BCUT2D eigenvalue weighted by molar-refractivity contribution is 4.89. The number of aliphatic hydroxyl groups is 9. The van der Waals surface area contributed by atoms with Crippen LogP contribution in [0.3, 0.4) is 0 Å². The van der Waals surface area contributed by atoms with Crippen LogP contribution in [-0.4, -0.2) is 121 Å². The summed E-state index contributed by atoms with van der Waals surface area (Å²) in [4.78, 5) is 0. The van der Waals surface area contributed by atoms with Gasteiger partial charge in [0.25, 0.3) is 0 Å². The standard InChI is InChI=1S/C12H24O11/c13-1-4(15)7(17)9(19)10(20)12(21)23-11-6(2-14)22-3-5(16)8(11)18/h4-21H,1-3H2/t4-,5+,6-,7-,8-,9+,10-,11-,12?/m1/s1. The molecule has 9 N–H and O–H groups in total. The lowest BCUT2D eigenvalue weighted by molar-refractivity contribution is -0.283. The van der Waals surface area contributed by atoms with Crippen LogP contribution < -0.4 is 0 Å². The zero-order chi connectivity index (χ0) is 17.7. The van der Waals surface area contributed by atoms with Gasteiger partial charge in [-0.15, -0.1) is 0 Å². The molecule has 0 aromatic rings. The largest absolute Gasteiger partial charge is 0.394 e. The maximum atomic E-state index is 9.80. The van der Waals surface area contributed by atoms with Crippen molar-refractivity contribution in [3.05, 3.63) is 0 Å². The van der Waals surface area contributed by atoms with Gasteiger partial charge in [-0.1, -0.05) is 0 Å². The Hall–Kier alpha value is -0.440. The van der Waals surface area contributed by atoms with Crippen molar-refractivity contribution >= 4 is 0 Å². The molecule has 1 saturated heterocycles. The summed E-state index contributed by atoms with van der Waals surface area (Å²) >= 11 is 0. The van der Waals surface area contributed by atoms with Gasteiger partial charge in [0.1, 0.15) is 48.8 Å². The average Bonchev–Trinajstić information content (AvgIpc) is 2.56. The molecule has 1 rings (SSSR count). The van der Waals surface area contributed by atoms with Crippen molar-refractivity contribution in [3.8, 4) is 0 Å². The third-order valence-electron chi connectivity index (χ3n) is 3.63. The van der Waals surface area contributed by atoms with Crippen LogP contribution >= 0.6 is 0 Å². The van der Waals surface area contributed by atoms with E-state index in [4.69, 9.17) is 19.7 Å². The highest BCUT2D eigenvalue weighted by atomic mass is 16.6. The van der Waals surface area contributed by atoms with Gasteiger partial charge in [-0.05, 0) is 0 Å². The minimum absolute atomic E-state index is 0.269. The molecule has 0 aromatic heterocycles. The number of hydrogen-bond acceptors (Lipinski definition) is 11. The SMILES string of the molecule is OC[C@@H](O)[C@@H](O)[C@H](O)[C@@H](O)C(O)O[C@H]1[C@H](O)[C@@H](O)CO[C@@H]1CO. The van der Waals surface area contributed by atoms with Gasteiger partial charge in [0.15, 0.2) is 6.29 Å². The Bertz CT molecular complexity index is 341. The first-order valence-electron chi connectivity index (χ1n) is 6.99. The number of hydrogen-bond donors (Lipinski definition) is 9. The van der Waals surface area contributed by atoms with E-state index >= 15 is 0 Å². The second-order valence-corrected chi connectivity index (χ2v) is 5.33. The highest BCUT2D eigenvalue weighted by Gasteiger charge is 2.43. The lowest BCUT2D eigenvalue weighted by Crippen LogP contribution is -2.58.